The highest BCUT2D eigenvalue weighted by Crippen LogP contribution is 2.32. The van der Waals surface area contributed by atoms with Gasteiger partial charge in [-0.1, -0.05) is 20.8 Å². The summed E-state index contributed by atoms with van der Waals surface area (Å²) < 4.78 is 29.0. The maximum atomic E-state index is 12.5. The zero-order valence-corrected chi connectivity index (χ0v) is 14.9. The molecule has 1 N–H and O–H groups in total. The first-order chi connectivity index (χ1) is 10.0. The molecule has 0 bridgehead atoms. The Morgan fingerprint density at radius 3 is 2.36 bits per heavy atom. The zero-order valence-electron chi connectivity index (χ0n) is 13.3. The number of thiophene rings is 1. The van der Waals surface area contributed by atoms with Gasteiger partial charge in [0.1, 0.15) is 9.90 Å². The molecule has 0 atom stereocenters. The van der Waals surface area contributed by atoms with E-state index in [2.05, 4.69) is 4.72 Å². The van der Waals surface area contributed by atoms with Crippen molar-refractivity contribution in [3.8, 4) is 0 Å². The van der Waals surface area contributed by atoms with E-state index in [0.717, 1.165) is 4.88 Å². The molecule has 5 nitrogen and oxygen atoms in total. The van der Waals surface area contributed by atoms with E-state index in [1.807, 2.05) is 26.8 Å². The highest BCUT2D eigenvalue weighted by Gasteiger charge is 2.23. The standard InChI is InChI=1S/C15H20N2O3S2/c1-10-8-9-17(5)14(18)13(10)16-22(19,20)12-7-6-11(21-12)15(2,3)4/h6-9,16H,1-5H3. The van der Waals surface area contributed by atoms with E-state index in [9.17, 15) is 13.2 Å². The van der Waals surface area contributed by atoms with Crippen molar-refractivity contribution < 1.29 is 8.42 Å². The predicted octanol–water partition coefficient (Wildman–Crippen LogP) is 2.85. The van der Waals surface area contributed by atoms with Crippen LogP contribution in [0.2, 0.25) is 0 Å². The van der Waals surface area contributed by atoms with Gasteiger partial charge in [0.05, 0.1) is 0 Å². The number of hydrogen-bond donors (Lipinski definition) is 1. The average molecular weight is 340 g/mol. The summed E-state index contributed by atoms with van der Waals surface area (Å²) in [6, 6.07) is 5.10. The second kappa shape index (κ2) is 5.55. The zero-order chi connectivity index (χ0) is 16.7. The van der Waals surface area contributed by atoms with Crippen molar-refractivity contribution in [3.63, 3.8) is 0 Å². The normalized spacial score (nSPS) is 12.4. The molecule has 2 aromatic heterocycles. The molecule has 0 fully saturated rings. The SMILES string of the molecule is Cc1ccn(C)c(=O)c1NS(=O)(=O)c1ccc(C(C)(C)C)s1. The molecule has 2 rings (SSSR count). The van der Waals surface area contributed by atoms with E-state index in [0.29, 0.717) is 5.56 Å². The lowest BCUT2D eigenvalue weighted by Crippen LogP contribution is -2.24. The Hall–Kier alpha value is -1.60. The van der Waals surface area contributed by atoms with Crippen molar-refractivity contribution in [2.45, 2.75) is 37.3 Å². The Morgan fingerprint density at radius 2 is 1.82 bits per heavy atom. The molecule has 120 valence electrons. The van der Waals surface area contributed by atoms with Gasteiger partial charge in [-0.3, -0.25) is 9.52 Å². The van der Waals surface area contributed by atoms with Crippen molar-refractivity contribution >= 4 is 27.0 Å². The third-order valence-corrected chi connectivity index (χ3v) is 6.65. The highest BCUT2D eigenvalue weighted by molar-refractivity contribution is 7.94. The highest BCUT2D eigenvalue weighted by atomic mass is 32.2. The molecular formula is C15H20N2O3S2. The number of hydrogen-bond acceptors (Lipinski definition) is 4. The predicted molar refractivity (Wildman–Crippen MR) is 90.2 cm³/mol. The molecule has 22 heavy (non-hydrogen) atoms. The van der Waals surface area contributed by atoms with Crippen LogP contribution in [0.15, 0.2) is 33.4 Å². The summed E-state index contributed by atoms with van der Waals surface area (Å²) >= 11 is 1.22. The third-order valence-electron chi connectivity index (χ3n) is 3.30. The van der Waals surface area contributed by atoms with Gasteiger partial charge in [0, 0.05) is 18.1 Å². The number of nitrogens with zero attached hydrogens (tertiary/aromatic N) is 1. The second-order valence-electron chi connectivity index (χ2n) is 6.26. The van der Waals surface area contributed by atoms with Crippen molar-refractivity contribution in [2.75, 3.05) is 4.72 Å². The van der Waals surface area contributed by atoms with E-state index in [-0.39, 0.29) is 20.9 Å². The summed E-state index contributed by atoms with van der Waals surface area (Å²) in [7, 11) is -2.17. The Balaban J connectivity index is 2.43. The molecule has 0 saturated heterocycles. The summed E-state index contributed by atoms with van der Waals surface area (Å²) in [5.74, 6) is 0. The fraction of sp³-hybridized carbons (Fsp3) is 0.400. The molecule has 2 heterocycles. The van der Waals surface area contributed by atoms with Crippen LogP contribution in [0.1, 0.15) is 31.2 Å². The van der Waals surface area contributed by atoms with Gasteiger partial charge < -0.3 is 4.57 Å². The molecular weight excluding hydrogens is 320 g/mol. The summed E-state index contributed by atoms with van der Waals surface area (Å²) in [5.41, 5.74) is 0.211. The molecule has 0 spiro atoms. The van der Waals surface area contributed by atoms with Crippen LogP contribution in [0.3, 0.4) is 0 Å². The largest absolute Gasteiger partial charge is 0.317 e. The van der Waals surface area contributed by atoms with E-state index in [1.165, 1.54) is 15.9 Å². The van der Waals surface area contributed by atoms with E-state index in [1.54, 1.807) is 32.3 Å². The van der Waals surface area contributed by atoms with Crippen LogP contribution in [0.4, 0.5) is 5.69 Å². The Labute approximate surface area is 134 Å². The third kappa shape index (κ3) is 3.25. The van der Waals surface area contributed by atoms with Crippen LogP contribution >= 0.6 is 11.3 Å². The molecule has 0 radical (unpaired) electrons. The first kappa shape index (κ1) is 16.8. The van der Waals surface area contributed by atoms with Crippen LogP contribution in [0, 0.1) is 6.92 Å². The van der Waals surface area contributed by atoms with Gasteiger partial charge in [0.2, 0.25) is 0 Å². The minimum absolute atomic E-state index is 0.0932. The summed E-state index contributed by atoms with van der Waals surface area (Å²) in [6.07, 6.45) is 1.61. The number of pyridine rings is 1. The fourth-order valence-electron chi connectivity index (χ4n) is 1.90. The minimum atomic E-state index is -3.76. The molecule has 0 aliphatic carbocycles. The van der Waals surface area contributed by atoms with Gasteiger partial charge in [-0.2, -0.15) is 0 Å². The molecule has 7 heteroatoms. The van der Waals surface area contributed by atoms with E-state index >= 15 is 0 Å². The van der Waals surface area contributed by atoms with Crippen LogP contribution in [0.5, 0.6) is 0 Å². The maximum absolute atomic E-state index is 12.5. The van der Waals surface area contributed by atoms with Crippen LogP contribution < -0.4 is 10.3 Å². The van der Waals surface area contributed by atoms with Crippen molar-refractivity contribution in [1.82, 2.24) is 4.57 Å². The van der Waals surface area contributed by atoms with Crippen molar-refractivity contribution in [2.24, 2.45) is 7.05 Å². The molecule has 2 aromatic rings. The quantitative estimate of drug-likeness (QED) is 0.934. The number of anilines is 1. The fourth-order valence-corrected chi connectivity index (χ4v) is 4.39. The topological polar surface area (TPSA) is 68.2 Å². The minimum Gasteiger partial charge on any atom is -0.317 e. The molecule has 0 aliphatic heterocycles. The first-order valence-corrected chi connectivity index (χ1v) is 9.12. The second-order valence-corrected chi connectivity index (χ2v) is 9.26. The molecule has 0 saturated carbocycles. The number of rotatable bonds is 3. The number of aryl methyl sites for hydroxylation is 2. The molecule has 0 aromatic carbocycles. The van der Waals surface area contributed by atoms with Crippen LogP contribution in [-0.4, -0.2) is 13.0 Å². The van der Waals surface area contributed by atoms with Gasteiger partial charge in [-0.05, 0) is 36.1 Å². The van der Waals surface area contributed by atoms with Gasteiger partial charge >= 0.3 is 0 Å². The monoisotopic (exact) mass is 340 g/mol. The number of nitrogens with one attached hydrogen (secondary N) is 1. The Morgan fingerprint density at radius 1 is 1.18 bits per heavy atom. The number of aromatic nitrogens is 1. The maximum Gasteiger partial charge on any atom is 0.274 e. The summed E-state index contributed by atoms with van der Waals surface area (Å²) in [4.78, 5) is 13.1. The van der Waals surface area contributed by atoms with Gasteiger partial charge in [0.15, 0.2) is 0 Å². The summed E-state index contributed by atoms with van der Waals surface area (Å²) in [5, 5.41) is 0. The number of sulfonamides is 1. The smallest absolute Gasteiger partial charge is 0.274 e. The van der Waals surface area contributed by atoms with Gasteiger partial charge in [-0.25, -0.2) is 8.42 Å². The van der Waals surface area contributed by atoms with Crippen LogP contribution in [0.25, 0.3) is 0 Å². The molecule has 0 amide bonds. The lowest BCUT2D eigenvalue weighted by atomic mass is 9.95. The van der Waals surface area contributed by atoms with Crippen molar-refractivity contribution in [1.29, 1.82) is 0 Å². The Bertz CT molecular complexity index is 856. The van der Waals surface area contributed by atoms with Crippen LogP contribution in [-0.2, 0) is 22.5 Å². The lowest BCUT2D eigenvalue weighted by molar-refractivity contribution is 0.603. The molecule has 0 unspecified atom stereocenters. The Kier molecular flexibility index (Phi) is 4.23. The summed E-state index contributed by atoms with van der Waals surface area (Å²) in [6.45, 7) is 7.79. The van der Waals surface area contributed by atoms with E-state index < -0.39 is 10.0 Å². The van der Waals surface area contributed by atoms with Gasteiger partial charge in [-0.15, -0.1) is 11.3 Å². The molecule has 0 aliphatic rings. The van der Waals surface area contributed by atoms with E-state index in [4.69, 9.17) is 0 Å². The lowest BCUT2D eigenvalue weighted by Gasteiger charge is -2.15. The van der Waals surface area contributed by atoms with Crippen molar-refractivity contribution in [3.05, 3.63) is 45.2 Å². The average Bonchev–Trinajstić information content (AvgIpc) is 2.90. The van der Waals surface area contributed by atoms with Gasteiger partial charge in [0.25, 0.3) is 15.6 Å². The first-order valence-electron chi connectivity index (χ1n) is 6.82.